The molecule has 2 fully saturated rings. The number of allylic oxidation sites excluding steroid dienone is 12. The van der Waals surface area contributed by atoms with Gasteiger partial charge >= 0.3 is 5.97 Å². The number of hydrogen-bond acceptors (Lipinski definition) is 19. The van der Waals surface area contributed by atoms with E-state index in [4.69, 9.17) is 24.7 Å². The van der Waals surface area contributed by atoms with Crippen LogP contribution in [0, 0.1) is 23.7 Å². The number of fused-ring (bicyclic) bond motifs is 2. The van der Waals surface area contributed by atoms with Crippen molar-refractivity contribution in [3.05, 3.63) is 115 Å². The van der Waals surface area contributed by atoms with Crippen LogP contribution >= 0.6 is 0 Å². The highest BCUT2D eigenvalue weighted by molar-refractivity contribution is 5.96. The maximum absolute atomic E-state index is 13.4. The van der Waals surface area contributed by atoms with E-state index in [0.717, 1.165) is 0 Å². The number of cyclic esters (lactones) is 1. The molecule has 14 N–H and O–H groups in total. The summed E-state index contributed by atoms with van der Waals surface area (Å²) in [7, 11) is 0. The molecule has 0 aromatic heterocycles. The molecule has 79 heavy (non-hydrogen) atoms. The molecule has 20 heteroatoms. The van der Waals surface area contributed by atoms with E-state index in [1.54, 1.807) is 98.0 Å². The van der Waals surface area contributed by atoms with E-state index in [1.807, 2.05) is 32.9 Å². The van der Waals surface area contributed by atoms with Crippen LogP contribution in [0.3, 0.4) is 0 Å². The van der Waals surface area contributed by atoms with Crippen LogP contribution in [0.25, 0.3) is 0 Å². The van der Waals surface area contributed by atoms with Gasteiger partial charge in [0.1, 0.15) is 24.0 Å². The summed E-state index contributed by atoms with van der Waals surface area (Å²) in [5.41, 5.74) is 10.5. The molecule has 4 rings (SSSR count). The molecule has 0 radical (unpaired) electrons. The highest BCUT2D eigenvalue weighted by Crippen LogP contribution is 2.38. The Kier molecular flexibility index (Phi) is 27.8. The van der Waals surface area contributed by atoms with Crippen molar-refractivity contribution >= 4 is 29.2 Å². The Morgan fingerprint density at radius 3 is 1.97 bits per heavy atom. The lowest BCUT2D eigenvalue weighted by atomic mass is 9.82. The number of ether oxygens (including phenoxy) is 4. The van der Waals surface area contributed by atoms with Gasteiger partial charge in [-0.25, -0.2) is 0 Å². The number of anilines is 1. The third kappa shape index (κ3) is 22.8. The van der Waals surface area contributed by atoms with Gasteiger partial charge in [-0.05, 0) is 75.1 Å². The number of benzene rings is 1. The quantitative estimate of drug-likeness (QED) is 0.0898. The topological polar surface area (TPSA) is 364 Å². The molecule has 0 saturated carbocycles. The van der Waals surface area contributed by atoms with Crippen LogP contribution in [0.4, 0.5) is 5.69 Å². The molecule has 0 spiro atoms. The summed E-state index contributed by atoms with van der Waals surface area (Å²) in [6, 6.07) is 5.54. The highest BCUT2D eigenvalue weighted by Gasteiger charge is 2.49. The number of ketones is 2. The van der Waals surface area contributed by atoms with Gasteiger partial charge in [0.25, 0.3) is 0 Å². The smallest absolute Gasteiger partial charge is 0.308 e. The number of nitrogens with two attached hydrogens (primary N) is 1. The molecule has 0 aliphatic carbocycles. The Hall–Kier alpha value is -5.04. The van der Waals surface area contributed by atoms with E-state index in [-0.39, 0.29) is 80.7 Å². The summed E-state index contributed by atoms with van der Waals surface area (Å²) in [5, 5.41) is 111. The zero-order valence-corrected chi connectivity index (χ0v) is 45.8. The molecule has 0 amide bonds. The first-order chi connectivity index (χ1) is 37.4. The minimum absolute atomic E-state index is 0.0570. The number of carbonyl (C=O) groups excluding carboxylic acids is 4. The van der Waals surface area contributed by atoms with Gasteiger partial charge in [-0.1, -0.05) is 106 Å². The Morgan fingerprint density at radius 1 is 0.785 bits per heavy atom. The standard InChI is InChI=1S/C59H86N2O18/c1-35-18-15-13-11-9-7-5-6-8-10-12-14-16-21-46(77-58-55(72)53(61)54(71)38(4)76-58)31-50-52(57(73)74)49(69)34-59(75,79-50)33-45(66)29-44(65)28-43(64)27-41(62)19-17-20-42(63)30-51(70)78-56(35)37(3)26-36(2)47(67)32-48(68)39-22-24-40(60)25-23-39/h5-16,18,21-25,35-38,42-47,49-50,52-56,58,63-67,69,71-72,75H,17,19-20,26-34,60-61H2,1-4H3,(H,73,74)/b6-5+,9-7+,10-8+,13-11+,14-12+,18-15+,21-16+/t35?,36?,37?,38-,42?,43?,44?,45?,46?,47?,49?,50?,52?,53+,54-,55+,56?,58?,59?/m1/s1. The van der Waals surface area contributed by atoms with E-state index in [9.17, 15) is 70.2 Å². The van der Waals surface area contributed by atoms with Crippen molar-refractivity contribution in [2.24, 2.45) is 23.7 Å². The van der Waals surface area contributed by atoms with Gasteiger partial charge in [-0.15, -0.1) is 0 Å². The van der Waals surface area contributed by atoms with Gasteiger partial charge in [0.05, 0.1) is 67.3 Å². The van der Waals surface area contributed by atoms with Crippen molar-refractivity contribution in [3.8, 4) is 0 Å². The van der Waals surface area contributed by atoms with Crippen LogP contribution in [-0.2, 0) is 33.3 Å². The number of nitrogen functional groups attached to an aromatic ring is 1. The van der Waals surface area contributed by atoms with E-state index >= 15 is 0 Å². The molecule has 3 heterocycles. The molecular formula is C59H86N2O18. The van der Waals surface area contributed by atoms with Crippen molar-refractivity contribution in [3.63, 3.8) is 0 Å². The van der Waals surface area contributed by atoms with Crippen molar-refractivity contribution in [1.29, 1.82) is 0 Å². The summed E-state index contributed by atoms with van der Waals surface area (Å²) < 4.78 is 23.8. The summed E-state index contributed by atoms with van der Waals surface area (Å²) in [4.78, 5) is 51.6. The summed E-state index contributed by atoms with van der Waals surface area (Å²) in [5.74, 6) is -7.99. The fraction of sp³-hybridized carbons (Fsp3) is 0.593. The van der Waals surface area contributed by atoms with Crippen molar-refractivity contribution < 1.29 is 94.9 Å². The Labute approximate surface area is 463 Å². The van der Waals surface area contributed by atoms with Crippen molar-refractivity contribution in [2.75, 3.05) is 5.73 Å². The number of hydrogen-bond donors (Lipinski definition) is 11. The van der Waals surface area contributed by atoms with Gasteiger partial charge in [0.2, 0.25) is 0 Å². The minimum Gasteiger partial charge on any atom is -0.550 e. The second kappa shape index (κ2) is 33.0. The zero-order chi connectivity index (χ0) is 58.4. The van der Waals surface area contributed by atoms with Crippen LogP contribution in [0.2, 0.25) is 0 Å². The second-order valence-corrected chi connectivity index (χ2v) is 21.6. The van der Waals surface area contributed by atoms with E-state index < -0.39 is 128 Å². The lowest BCUT2D eigenvalue weighted by Gasteiger charge is -2.46. The summed E-state index contributed by atoms with van der Waals surface area (Å²) in [6.45, 7) is 7.16. The predicted molar refractivity (Wildman–Crippen MR) is 289 cm³/mol. The maximum atomic E-state index is 13.4. The van der Waals surface area contributed by atoms with Crippen molar-refractivity contribution in [2.45, 2.75) is 196 Å². The van der Waals surface area contributed by atoms with E-state index in [1.165, 1.54) is 6.08 Å². The number of carbonyl (C=O) groups is 4. The number of carboxylic acids is 1. The molecule has 3 aliphatic rings. The lowest BCUT2D eigenvalue weighted by molar-refractivity contribution is -0.488. The molecular weight excluding hydrogens is 1020 g/mol. The molecule has 19 atom stereocenters. The number of aliphatic hydroxyl groups excluding tert-OH is 8. The number of esters is 1. The monoisotopic (exact) mass is 1110 g/mol. The van der Waals surface area contributed by atoms with Gasteiger partial charge in [0.15, 0.2) is 24.0 Å². The molecule has 1 aromatic rings. The van der Waals surface area contributed by atoms with Gasteiger partial charge in [0, 0.05) is 61.7 Å². The SMILES string of the molecule is CC1/C=C/C=C/C=C/C=C/C=C/C=C/C=C/C(OC2O[C@H](C)[C@@H](O)[C@H]([NH3+])[C@@H]2O)CC2OC(O)(CC(O)CC(O)CC(O)CC(=O)CCCC(O)CC(=O)OC1C(C)CC(C)C(O)CC(=O)c1ccc(N)cc1)CC(O)C2C(=O)[O-]. The second-order valence-electron chi connectivity index (χ2n) is 21.6. The van der Waals surface area contributed by atoms with Crippen LogP contribution in [0.15, 0.2) is 109 Å². The first kappa shape index (κ1) is 66.5. The number of aliphatic hydroxyl groups is 9. The summed E-state index contributed by atoms with van der Waals surface area (Å²) >= 11 is 0. The number of Topliss-reactive ketones (excluding diaryl/α,β-unsaturated/α-hetero) is 2. The average molecular weight is 1110 g/mol. The molecule has 2 bridgehead atoms. The van der Waals surface area contributed by atoms with E-state index in [0.29, 0.717) is 17.7 Å². The first-order valence-corrected chi connectivity index (χ1v) is 27.3. The Balaban J connectivity index is 1.53. The predicted octanol–water partition coefficient (Wildman–Crippen LogP) is 1.51. The van der Waals surface area contributed by atoms with Gasteiger partial charge < -0.3 is 86.3 Å². The summed E-state index contributed by atoms with van der Waals surface area (Å²) in [6.07, 6.45) is 5.59. The number of rotatable bonds is 10. The molecule has 3 aliphatic heterocycles. The van der Waals surface area contributed by atoms with E-state index in [2.05, 4.69) is 5.73 Å². The Bertz CT molecular complexity index is 2280. The fourth-order valence-electron chi connectivity index (χ4n) is 10.2. The minimum atomic E-state index is -2.33. The third-order valence-electron chi connectivity index (χ3n) is 14.6. The molecule has 20 nitrogen and oxygen atoms in total. The molecule has 2 saturated heterocycles. The van der Waals surface area contributed by atoms with Crippen LogP contribution in [0.5, 0.6) is 0 Å². The Morgan fingerprint density at radius 2 is 1.37 bits per heavy atom. The highest BCUT2D eigenvalue weighted by atomic mass is 16.7. The van der Waals surface area contributed by atoms with Crippen molar-refractivity contribution in [1.82, 2.24) is 0 Å². The third-order valence-corrected chi connectivity index (χ3v) is 14.6. The number of carboxylic acid groups (broad SMARTS) is 1. The van der Waals surface area contributed by atoms with Crippen LogP contribution in [-0.4, -0.2) is 161 Å². The molecule has 440 valence electrons. The first-order valence-electron chi connectivity index (χ1n) is 27.3. The maximum Gasteiger partial charge on any atom is 0.308 e. The lowest BCUT2D eigenvalue weighted by Crippen LogP contribution is -2.78. The number of aliphatic carboxylic acids is 1. The van der Waals surface area contributed by atoms with Crippen LogP contribution < -0.4 is 16.6 Å². The zero-order valence-electron chi connectivity index (χ0n) is 45.8. The van der Waals surface area contributed by atoms with Gasteiger partial charge in [-0.3, -0.25) is 14.4 Å². The number of quaternary nitrogens is 1. The van der Waals surface area contributed by atoms with Gasteiger partial charge in [-0.2, -0.15) is 0 Å². The molecule has 15 unspecified atom stereocenters. The van der Waals surface area contributed by atoms with Crippen LogP contribution in [0.1, 0.15) is 115 Å². The largest absolute Gasteiger partial charge is 0.550 e. The average Bonchev–Trinajstić information content (AvgIpc) is 3.40. The molecule has 1 aromatic carbocycles. The normalized spacial score (nSPS) is 37.9. The fourth-order valence-corrected chi connectivity index (χ4v) is 10.2.